The lowest BCUT2D eigenvalue weighted by Gasteiger charge is -2.11. The molecule has 2 aromatic carbocycles. The van der Waals surface area contributed by atoms with E-state index in [0.717, 1.165) is 8.58 Å². The number of benzene rings is 2. The van der Waals surface area contributed by atoms with Crippen molar-refractivity contribution in [3.8, 4) is 11.1 Å². The van der Waals surface area contributed by atoms with Gasteiger partial charge in [0.2, 0.25) is 0 Å². The highest BCUT2D eigenvalue weighted by molar-refractivity contribution is 7.46. The Morgan fingerprint density at radius 3 is 2.41 bits per heavy atom. The zero-order chi connectivity index (χ0) is 12.3. The Hall–Kier alpha value is -1.13. The molecule has 88 valence electrons. The van der Waals surface area contributed by atoms with Gasteiger partial charge in [0.25, 0.3) is 0 Å². The third-order valence-corrected chi connectivity index (χ3v) is 4.04. The van der Waals surface area contributed by atoms with Gasteiger partial charge in [0.1, 0.15) is 0 Å². The lowest BCUT2D eigenvalue weighted by atomic mass is 9.97. The lowest BCUT2D eigenvalue weighted by Crippen LogP contribution is -1.99. The van der Waals surface area contributed by atoms with E-state index in [1.54, 1.807) is 0 Å². The van der Waals surface area contributed by atoms with Gasteiger partial charge in [0, 0.05) is 0 Å². The summed E-state index contributed by atoms with van der Waals surface area (Å²) in [4.78, 5) is 0. The third-order valence-electron chi connectivity index (χ3n) is 3.06. The minimum absolute atomic E-state index is 0.589. The first-order valence-corrected chi connectivity index (χ1v) is 7.59. The van der Waals surface area contributed by atoms with E-state index < -0.39 is 0 Å². The first-order valence-electron chi connectivity index (χ1n) is 6.09. The summed E-state index contributed by atoms with van der Waals surface area (Å²) in [5.74, 6) is 0.589. The molecule has 0 N–H and O–H groups in total. The summed E-state index contributed by atoms with van der Waals surface area (Å²) in [6.45, 7) is 6.73. The van der Waals surface area contributed by atoms with Gasteiger partial charge in [-0.2, -0.15) is 0 Å². The van der Waals surface area contributed by atoms with E-state index in [-0.39, 0.29) is 0 Å². The highest BCUT2D eigenvalue weighted by Crippen LogP contribution is 2.25. The molecule has 0 saturated heterocycles. The SMILES string of the molecule is CPc1ccccc1-c1cccc(C(C)C)c1. The molecule has 1 unspecified atom stereocenters. The molecule has 0 nitrogen and oxygen atoms in total. The van der Waals surface area contributed by atoms with Crippen molar-refractivity contribution in [1.29, 1.82) is 0 Å². The first-order chi connectivity index (χ1) is 8.22. The van der Waals surface area contributed by atoms with Gasteiger partial charge >= 0.3 is 0 Å². The number of hydrogen-bond donors (Lipinski definition) is 0. The summed E-state index contributed by atoms with van der Waals surface area (Å²) in [5, 5.41) is 1.45. The summed E-state index contributed by atoms with van der Waals surface area (Å²) in [6.07, 6.45) is 0. The summed E-state index contributed by atoms with van der Waals surface area (Å²) in [5.41, 5.74) is 4.15. The fraction of sp³-hybridized carbons (Fsp3) is 0.250. The van der Waals surface area contributed by atoms with Crippen LogP contribution < -0.4 is 5.30 Å². The molecule has 0 amide bonds. The molecule has 0 heterocycles. The van der Waals surface area contributed by atoms with E-state index in [4.69, 9.17) is 0 Å². The van der Waals surface area contributed by atoms with E-state index in [0.29, 0.717) is 5.92 Å². The maximum absolute atomic E-state index is 2.32. The molecule has 0 fully saturated rings. The van der Waals surface area contributed by atoms with Crippen molar-refractivity contribution in [2.45, 2.75) is 19.8 Å². The van der Waals surface area contributed by atoms with Crippen LogP contribution in [-0.2, 0) is 0 Å². The Morgan fingerprint density at radius 2 is 1.71 bits per heavy atom. The minimum atomic E-state index is 0.589. The van der Waals surface area contributed by atoms with Crippen LogP contribution in [0, 0.1) is 0 Å². The molecule has 0 saturated carbocycles. The molecule has 0 aliphatic rings. The number of hydrogen-bond acceptors (Lipinski definition) is 0. The van der Waals surface area contributed by atoms with Crippen LogP contribution in [0.5, 0.6) is 0 Å². The average molecular weight is 242 g/mol. The molecule has 0 spiro atoms. The van der Waals surface area contributed by atoms with E-state index in [9.17, 15) is 0 Å². The summed E-state index contributed by atoms with van der Waals surface area (Å²) < 4.78 is 0. The van der Waals surface area contributed by atoms with Gasteiger partial charge in [-0.3, -0.25) is 0 Å². The average Bonchev–Trinajstić information content (AvgIpc) is 2.39. The van der Waals surface area contributed by atoms with E-state index in [2.05, 4.69) is 69.0 Å². The Balaban J connectivity index is 2.49. The van der Waals surface area contributed by atoms with Gasteiger partial charge in [-0.05, 0) is 34.6 Å². The fourth-order valence-corrected chi connectivity index (χ4v) is 2.78. The van der Waals surface area contributed by atoms with Gasteiger partial charge in [0.05, 0.1) is 0 Å². The monoisotopic (exact) mass is 242 g/mol. The van der Waals surface area contributed by atoms with Crippen LogP contribution in [-0.4, -0.2) is 6.66 Å². The van der Waals surface area contributed by atoms with Gasteiger partial charge in [-0.15, -0.1) is 0 Å². The maximum Gasteiger partial charge on any atom is -0.0110 e. The lowest BCUT2D eigenvalue weighted by molar-refractivity contribution is 0.867. The molecule has 1 atom stereocenters. The van der Waals surface area contributed by atoms with Gasteiger partial charge in [-0.1, -0.05) is 71.0 Å². The summed E-state index contributed by atoms with van der Waals surface area (Å²) in [6, 6.07) is 17.6. The molecule has 0 aromatic heterocycles. The largest absolute Gasteiger partial charge is 0.0929 e. The highest BCUT2D eigenvalue weighted by Gasteiger charge is 2.05. The first kappa shape index (κ1) is 12.3. The zero-order valence-corrected chi connectivity index (χ0v) is 11.7. The third kappa shape index (κ3) is 2.76. The highest BCUT2D eigenvalue weighted by atomic mass is 31.1. The maximum atomic E-state index is 2.32. The van der Waals surface area contributed by atoms with Crippen LogP contribution in [0.15, 0.2) is 48.5 Å². The molecule has 2 aromatic rings. The molecule has 17 heavy (non-hydrogen) atoms. The molecule has 0 radical (unpaired) electrons. The predicted octanol–water partition coefficient (Wildman–Crippen LogP) is 4.41. The molecule has 1 heteroatoms. The Labute approximate surface area is 106 Å². The normalized spacial score (nSPS) is 11.5. The van der Waals surface area contributed by atoms with E-state index in [1.807, 2.05) is 0 Å². The second-order valence-electron chi connectivity index (χ2n) is 4.58. The van der Waals surface area contributed by atoms with Crippen molar-refractivity contribution in [3.63, 3.8) is 0 Å². The van der Waals surface area contributed by atoms with Crippen LogP contribution >= 0.6 is 8.58 Å². The number of rotatable bonds is 3. The predicted molar refractivity (Wildman–Crippen MR) is 79.8 cm³/mol. The summed E-state index contributed by atoms with van der Waals surface area (Å²) >= 11 is 0. The van der Waals surface area contributed by atoms with Crippen LogP contribution in [0.2, 0.25) is 0 Å². The zero-order valence-electron chi connectivity index (χ0n) is 10.7. The quantitative estimate of drug-likeness (QED) is 0.699. The van der Waals surface area contributed by atoms with Crippen LogP contribution in [0.3, 0.4) is 0 Å². The topological polar surface area (TPSA) is 0 Å². The van der Waals surface area contributed by atoms with E-state index >= 15 is 0 Å². The van der Waals surface area contributed by atoms with E-state index in [1.165, 1.54) is 22.0 Å². The van der Waals surface area contributed by atoms with Crippen molar-refractivity contribution in [2.24, 2.45) is 0 Å². The molecule has 2 rings (SSSR count). The fourth-order valence-electron chi connectivity index (χ4n) is 2.02. The second kappa shape index (κ2) is 5.47. The molecular formula is C16H19P. The second-order valence-corrected chi connectivity index (χ2v) is 5.61. The van der Waals surface area contributed by atoms with Crippen LogP contribution in [0.1, 0.15) is 25.3 Å². The van der Waals surface area contributed by atoms with Crippen LogP contribution in [0.25, 0.3) is 11.1 Å². The van der Waals surface area contributed by atoms with Gasteiger partial charge in [-0.25, -0.2) is 0 Å². The van der Waals surface area contributed by atoms with Crippen molar-refractivity contribution >= 4 is 13.9 Å². The smallest absolute Gasteiger partial charge is 0.0110 e. The van der Waals surface area contributed by atoms with Crippen molar-refractivity contribution in [3.05, 3.63) is 54.1 Å². The van der Waals surface area contributed by atoms with Crippen molar-refractivity contribution < 1.29 is 0 Å². The molecule has 0 aliphatic carbocycles. The standard InChI is InChI=1S/C16H19P/c1-12(2)13-7-6-8-14(11-13)15-9-4-5-10-16(15)17-3/h4-12,17H,1-3H3. The van der Waals surface area contributed by atoms with Crippen molar-refractivity contribution in [2.75, 3.05) is 6.66 Å². The van der Waals surface area contributed by atoms with Crippen molar-refractivity contribution in [1.82, 2.24) is 0 Å². The summed E-state index contributed by atoms with van der Waals surface area (Å²) in [7, 11) is 0.846. The minimum Gasteiger partial charge on any atom is -0.0929 e. The molecule has 0 bridgehead atoms. The van der Waals surface area contributed by atoms with Gasteiger partial charge < -0.3 is 0 Å². The van der Waals surface area contributed by atoms with Gasteiger partial charge in [0.15, 0.2) is 0 Å². The van der Waals surface area contributed by atoms with Crippen LogP contribution in [0.4, 0.5) is 0 Å². The molecule has 0 aliphatic heterocycles. The Bertz CT molecular complexity index is 500. The molecular weight excluding hydrogens is 223 g/mol. The Kier molecular flexibility index (Phi) is 3.97. The Morgan fingerprint density at radius 1 is 0.941 bits per heavy atom.